The molecule has 2 unspecified atom stereocenters. The monoisotopic (exact) mass is 603 g/mol. The molecule has 6 rings (SSSR count). The van der Waals surface area contributed by atoms with Crippen molar-refractivity contribution in [1.29, 1.82) is 0 Å². The Labute approximate surface area is 259 Å². The van der Waals surface area contributed by atoms with Crippen LogP contribution in [0.15, 0.2) is 48.5 Å². The van der Waals surface area contributed by atoms with E-state index in [2.05, 4.69) is 46.0 Å². The second-order valence-electron chi connectivity index (χ2n) is 13.9. The molecular weight excluding hydrogens is 557 g/mol. The Morgan fingerprint density at radius 3 is 2.39 bits per heavy atom. The summed E-state index contributed by atoms with van der Waals surface area (Å²) in [6.45, 7) is 9.50. The lowest BCUT2D eigenvalue weighted by Gasteiger charge is -2.47. The number of carboxylic acid groups (broad SMARTS) is 1. The van der Waals surface area contributed by atoms with E-state index in [-0.39, 0.29) is 23.1 Å². The Morgan fingerprint density at radius 1 is 1.07 bits per heavy atom. The van der Waals surface area contributed by atoms with Crippen molar-refractivity contribution >= 4 is 23.0 Å². The average Bonchev–Trinajstić information content (AvgIpc) is 3.45. The maximum Gasteiger partial charge on any atom is 0.405 e. The summed E-state index contributed by atoms with van der Waals surface area (Å²) in [5.74, 6) is 0.457. The van der Waals surface area contributed by atoms with Crippen LogP contribution in [-0.2, 0) is 10.2 Å². The molecule has 3 saturated heterocycles. The molecule has 4 heterocycles. The van der Waals surface area contributed by atoms with Gasteiger partial charge >= 0.3 is 6.09 Å². The third kappa shape index (κ3) is 5.48. The standard InChI is InChI=1S/C35H46FN5O3/c1-23(2)34(4,38-33(43)44)32(42)39-17-14-35(15-18-39,25-8-7-9-26(36)20-25)16-19-40-27-12-13-28(40)22-29(21-27)41-24(3)37-30-10-5-6-11-31(30)41/h5-11,20,23,27-29,38H,12-19,21-22H2,1-4H3,(H,43,44)/t27-,28+,29?,34?. The minimum atomic E-state index is -1.20. The normalized spacial score (nSPS) is 24.9. The molecule has 3 aromatic rings. The SMILES string of the molecule is Cc1nc2ccccc2n1C1C[C@H]2CC[C@@H](C1)N2CCC1(c2cccc(F)c2)CCN(C(=O)C(C)(NC(=O)O)C(C)C)CC1. The Hall–Kier alpha value is -3.46. The van der Waals surface area contributed by atoms with Crippen LogP contribution in [0, 0.1) is 18.7 Å². The first-order chi connectivity index (χ1) is 21.0. The van der Waals surface area contributed by atoms with Gasteiger partial charge in [-0.1, -0.05) is 38.1 Å². The van der Waals surface area contributed by atoms with Gasteiger partial charge in [-0.15, -0.1) is 0 Å². The van der Waals surface area contributed by atoms with Gasteiger partial charge in [0.1, 0.15) is 17.2 Å². The molecule has 1 aromatic heterocycles. The summed E-state index contributed by atoms with van der Waals surface area (Å²) in [6, 6.07) is 16.9. The fraction of sp³-hybridized carbons (Fsp3) is 0.571. The zero-order valence-electron chi connectivity index (χ0n) is 26.4. The molecular formula is C35H46FN5O3. The maximum atomic E-state index is 14.6. The molecule has 2 amide bonds. The zero-order chi connectivity index (χ0) is 31.2. The number of hydrogen-bond donors (Lipinski definition) is 2. The number of amides is 2. The zero-order valence-corrected chi connectivity index (χ0v) is 26.4. The first-order valence-corrected chi connectivity index (χ1v) is 16.3. The smallest absolute Gasteiger partial charge is 0.405 e. The van der Waals surface area contributed by atoms with Crippen LogP contribution in [-0.4, -0.2) is 73.7 Å². The molecule has 3 fully saturated rings. The molecule has 0 aliphatic carbocycles. The van der Waals surface area contributed by atoms with Crippen LogP contribution in [0.25, 0.3) is 11.0 Å². The number of aryl methyl sites for hydroxylation is 1. The van der Waals surface area contributed by atoms with E-state index < -0.39 is 11.6 Å². The van der Waals surface area contributed by atoms with Gasteiger partial charge in [-0.2, -0.15) is 0 Å². The molecule has 0 spiro atoms. The van der Waals surface area contributed by atoms with Crippen LogP contribution in [0.4, 0.5) is 9.18 Å². The van der Waals surface area contributed by atoms with E-state index in [1.165, 1.54) is 24.4 Å². The molecule has 236 valence electrons. The first kappa shape index (κ1) is 30.6. The quantitative estimate of drug-likeness (QED) is 0.316. The highest BCUT2D eigenvalue weighted by molar-refractivity contribution is 5.89. The van der Waals surface area contributed by atoms with Crippen molar-refractivity contribution in [2.45, 2.75) is 102 Å². The lowest BCUT2D eigenvalue weighted by atomic mass is 9.69. The molecule has 4 atom stereocenters. The lowest BCUT2D eigenvalue weighted by Crippen LogP contribution is -2.62. The second-order valence-corrected chi connectivity index (χ2v) is 13.9. The van der Waals surface area contributed by atoms with Gasteiger partial charge in [-0.05, 0) is 106 Å². The van der Waals surface area contributed by atoms with E-state index >= 15 is 0 Å². The number of aromatic nitrogens is 2. The molecule has 2 bridgehead atoms. The van der Waals surface area contributed by atoms with Gasteiger partial charge in [-0.25, -0.2) is 14.2 Å². The summed E-state index contributed by atoms with van der Waals surface area (Å²) in [7, 11) is 0. The number of carbonyl (C=O) groups excluding carboxylic acids is 1. The van der Waals surface area contributed by atoms with Crippen molar-refractivity contribution in [2.24, 2.45) is 5.92 Å². The van der Waals surface area contributed by atoms with Crippen LogP contribution in [0.1, 0.15) is 83.1 Å². The number of imidazole rings is 1. The number of benzene rings is 2. The Bertz CT molecular complexity index is 1520. The minimum Gasteiger partial charge on any atom is -0.465 e. The van der Waals surface area contributed by atoms with Crippen molar-refractivity contribution < 1.29 is 19.1 Å². The minimum absolute atomic E-state index is 0.190. The van der Waals surface area contributed by atoms with E-state index in [1.54, 1.807) is 24.0 Å². The van der Waals surface area contributed by atoms with Gasteiger partial charge < -0.3 is 19.9 Å². The highest BCUT2D eigenvalue weighted by Gasteiger charge is 2.47. The van der Waals surface area contributed by atoms with E-state index in [9.17, 15) is 19.1 Å². The molecule has 44 heavy (non-hydrogen) atoms. The van der Waals surface area contributed by atoms with Crippen molar-refractivity contribution in [2.75, 3.05) is 19.6 Å². The summed E-state index contributed by atoms with van der Waals surface area (Å²) < 4.78 is 17.0. The van der Waals surface area contributed by atoms with Gasteiger partial charge in [0.15, 0.2) is 0 Å². The van der Waals surface area contributed by atoms with E-state index in [0.717, 1.165) is 55.6 Å². The van der Waals surface area contributed by atoms with Crippen molar-refractivity contribution in [3.8, 4) is 0 Å². The summed E-state index contributed by atoms with van der Waals surface area (Å²) in [5, 5.41) is 11.9. The average molecular weight is 604 g/mol. The first-order valence-electron chi connectivity index (χ1n) is 16.3. The number of piperidine rings is 2. The number of carbonyl (C=O) groups is 2. The number of fused-ring (bicyclic) bond motifs is 3. The molecule has 3 aliphatic heterocycles. The third-order valence-corrected chi connectivity index (χ3v) is 11.3. The predicted octanol–water partition coefficient (Wildman–Crippen LogP) is 6.28. The van der Waals surface area contributed by atoms with E-state index in [1.807, 2.05) is 19.9 Å². The molecule has 2 aromatic carbocycles. The van der Waals surface area contributed by atoms with Gasteiger partial charge in [0.2, 0.25) is 5.91 Å². The van der Waals surface area contributed by atoms with Gasteiger partial charge in [-0.3, -0.25) is 9.69 Å². The van der Waals surface area contributed by atoms with Gasteiger partial charge in [0.05, 0.1) is 11.0 Å². The van der Waals surface area contributed by atoms with Crippen LogP contribution >= 0.6 is 0 Å². The highest BCUT2D eigenvalue weighted by atomic mass is 19.1. The van der Waals surface area contributed by atoms with Crippen LogP contribution in [0.2, 0.25) is 0 Å². The van der Waals surface area contributed by atoms with E-state index in [4.69, 9.17) is 4.98 Å². The molecule has 0 saturated carbocycles. The highest BCUT2D eigenvalue weighted by Crippen LogP contribution is 2.45. The number of para-hydroxylation sites is 2. The predicted molar refractivity (Wildman–Crippen MR) is 169 cm³/mol. The number of likely N-dealkylation sites (tertiary alicyclic amines) is 1. The Morgan fingerprint density at radius 2 is 1.75 bits per heavy atom. The fourth-order valence-electron chi connectivity index (χ4n) is 8.42. The third-order valence-electron chi connectivity index (χ3n) is 11.3. The van der Waals surface area contributed by atoms with Gasteiger partial charge in [0.25, 0.3) is 0 Å². The van der Waals surface area contributed by atoms with Crippen LogP contribution in [0.3, 0.4) is 0 Å². The number of hydrogen-bond acceptors (Lipinski definition) is 4. The lowest BCUT2D eigenvalue weighted by molar-refractivity contribution is -0.141. The number of halogens is 1. The molecule has 3 aliphatic rings. The molecule has 2 N–H and O–H groups in total. The van der Waals surface area contributed by atoms with Gasteiger partial charge in [0, 0.05) is 31.2 Å². The largest absolute Gasteiger partial charge is 0.465 e. The van der Waals surface area contributed by atoms with E-state index in [0.29, 0.717) is 31.2 Å². The molecule has 9 heteroatoms. The van der Waals surface area contributed by atoms with Crippen LogP contribution < -0.4 is 5.32 Å². The summed E-state index contributed by atoms with van der Waals surface area (Å²) >= 11 is 0. The summed E-state index contributed by atoms with van der Waals surface area (Å²) in [4.78, 5) is 34.6. The maximum absolute atomic E-state index is 14.6. The van der Waals surface area contributed by atoms with Crippen molar-refractivity contribution in [3.05, 3.63) is 65.7 Å². The number of nitrogens with one attached hydrogen (secondary N) is 1. The second kappa shape index (κ2) is 11.8. The molecule has 8 nitrogen and oxygen atoms in total. The van der Waals surface area contributed by atoms with Crippen molar-refractivity contribution in [1.82, 2.24) is 24.7 Å². The van der Waals surface area contributed by atoms with Crippen molar-refractivity contribution in [3.63, 3.8) is 0 Å². The fourth-order valence-corrected chi connectivity index (χ4v) is 8.42. The summed E-state index contributed by atoms with van der Waals surface area (Å²) in [6.07, 6.45) is 5.76. The molecule has 0 radical (unpaired) electrons. The number of rotatable bonds is 8. The summed E-state index contributed by atoms with van der Waals surface area (Å²) in [5.41, 5.74) is 1.84. The van der Waals surface area contributed by atoms with Crippen LogP contribution in [0.5, 0.6) is 0 Å². The topological polar surface area (TPSA) is 90.7 Å². The Balaban J connectivity index is 1.18. The number of nitrogens with zero attached hydrogens (tertiary/aromatic N) is 4. The Kier molecular flexibility index (Phi) is 8.20.